The third kappa shape index (κ3) is 16.2. The lowest BCUT2D eigenvalue weighted by atomic mass is 9.70. The van der Waals surface area contributed by atoms with Gasteiger partial charge in [0.2, 0.25) is 5.91 Å². The monoisotopic (exact) mass is 1020 g/mol. The molecule has 1 amide bonds. The van der Waals surface area contributed by atoms with E-state index in [1.54, 1.807) is 4.90 Å². The first-order chi connectivity index (χ1) is 32.8. The van der Waals surface area contributed by atoms with Gasteiger partial charge in [0.15, 0.2) is 0 Å². The van der Waals surface area contributed by atoms with Gasteiger partial charge < -0.3 is 9.80 Å². The number of nitrogens with zero attached hydrogens (tertiary/aromatic N) is 4. The number of hydrogen-bond acceptors (Lipinski definition) is 4. The van der Waals surface area contributed by atoms with Crippen molar-refractivity contribution >= 4 is 75.5 Å². The molecule has 0 N–H and O–H groups in total. The predicted octanol–water partition coefficient (Wildman–Crippen LogP) is 13.0. The standard InChI is InChI=1S/C23H23Cl2N.C22H28Cl2N2O.C11H15Cl2N/c24-16-18-26(19-17-25)23(20-10-4-1-5-11-20,21-12-6-2-7-13-21)22-14-8-3-9-15-22;1-25(2)21(27)22(19-9-5-3-6-10-19,20-11-7-4-8-12-20)13-16-26(17-14-23)18-15-24;12-6-8-14(9-7-13)10-11-4-2-1-3-5-11/h1-15H,16-19H2;3-12H,13-18H2,1-2H3;1-5H,6-10H2. The lowest BCUT2D eigenvalue weighted by Gasteiger charge is -2.45. The van der Waals surface area contributed by atoms with Crippen LogP contribution in [0, 0.1) is 0 Å². The van der Waals surface area contributed by atoms with Crippen LogP contribution in [0.2, 0.25) is 0 Å². The number of carbonyl (C=O) groups is 1. The Bertz CT molecular complexity index is 2020. The molecule has 0 aliphatic rings. The maximum atomic E-state index is 13.5. The summed E-state index contributed by atoms with van der Waals surface area (Å²) in [6, 6.07) is 62.3. The molecule has 0 spiro atoms. The van der Waals surface area contributed by atoms with Crippen molar-refractivity contribution in [1.82, 2.24) is 19.6 Å². The Kier molecular flexibility index (Phi) is 26.3. The van der Waals surface area contributed by atoms with Gasteiger partial charge in [-0.1, -0.05) is 182 Å². The normalized spacial score (nSPS) is 11.4. The molecule has 0 aromatic heterocycles. The van der Waals surface area contributed by atoms with Crippen LogP contribution in [0.25, 0.3) is 0 Å². The van der Waals surface area contributed by atoms with E-state index in [2.05, 4.69) is 130 Å². The molecular formula is C56H66Cl6N4O. The molecule has 6 aromatic carbocycles. The van der Waals surface area contributed by atoms with E-state index in [-0.39, 0.29) is 5.91 Å². The van der Waals surface area contributed by atoms with Gasteiger partial charge in [0.25, 0.3) is 0 Å². The summed E-state index contributed by atoms with van der Waals surface area (Å²) in [4.78, 5) is 22.1. The molecule has 0 aliphatic carbocycles. The van der Waals surface area contributed by atoms with Crippen LogP contribution in [-0.4, -0.2) is 121 Å². The van der Waals surface area contributed by atoms with Crippen LogP contribution in [0.5, 0.6) is 0 Å². The van der Waals surface area contributed by atoms with Crippen molar-refractivity contribution in [2.24, 2.45) is 0 Å². The van der Waals surface area contributed by atoms with Crippen LogP contribution in [0.3, 0.4) is 0 Å². The quantitative estimate of drug-likeness (QED) is 0.0446. The summed E-state index contributed by atoms with van der Waals surface area (Å²) in [7, 11) is 3.64. The van der Waals surface area contributed by atoms with Crippen LogP contribution in [-0.2, 0) is 22.3 Å². The van der Waals surface area contributed by atoms with Crippen molar-refractivity contribution in [2.75, 3.05) is 95.2 Å². The van der Waals surface area contributed by atoms with E-state index in [0.29, 0.717) is 41.7 Å². The number of amides is 1. The number of alkyl halides is 6. The summed E-state index contributed by atoms with van der Waals surface area (Å²) in [5.74, 6) is 3.57. The van der Waals surface area contributed by atoms with Crippen molar-refractivity contribution in [3.63, 3.8) is 0 Å². The first-order valence-corrected chi connectivity index (χ1v) is 26.1. The molecule has 0 aliphatic heterocycles. The minimum absolute atomic E-state index is 0.0802. The van der Waals surface area contributed by atoms with Gasteiger partial charge in [-0.2, -0.15) is 0 Å². The van der Waals surface area contributed by atoms with E-state index in [1.165, 1.54) is 22.3 Å². The molecule has 0 heterocycles. The Balaban J connectivity index is 0.000000231. The lowest BCUT2D eigenvalue weighted by molar-refractivity contribution is -0.133. The number of carbonyl (C=O) groups excluding carboxylic acids is 1. The second kappa shape index (κ2) is 31.5. The summed E-state index contributed by atoms with van der Waals surface area (Å²) in [6.07, 6.45) is 0.659. The Morgan fingerprint density at radius 1 is 0.388 bits per heavy atom. The molecule has 0 radical (unpaired) electrons. The van der Waals surface area contributed by atoms with E-state index in [4.69, 9.17) is 69.6 Å². The first kappa shape index (κ1) is 56.0. The zero-order valence-electron chi connectivity index (χ0n) is 38.9. The minimum atomic E-state index is -0.747. The molecule has 0 saturated carbocycles. The third-order valence-corrected chi connectivity index (χ3v) is 12.7. The molecule has 67 heavy (non-hydrogen) atoms. The number of halogens is 6. The van der Waals surface area contributed by atoms with E-state index in [1.807, 2.05) is 80.8 Å². The average Bonchev–Trinajstić information content (AvgIpc) is 3.37. The summed E-state index contributed by atoms with van der Waals surface area (Å²) >= 11 is 35.8. The Morgan fingerprint density at radius 2 is 0.687 bits per heavy atom. The van der Waals surface area contributed by atoms with Gasteiger partial charge in [-0.15, -0.1) is 69.6 Å². The van der Waals surface area contributed by atoms with Gasteiger partial charge in [-0.25, -0.2) is 0 Å². The average molecular weight is 1020 g/mol. The molecule has 0 fully saturated rings. The predicted molar refractivity (Wildman–Crippen MR) is 290 cm³/mol. The molecule has 0 saturated heterocycles. The highest BCUT2D eigenvalue weighted by molar-refractivity contribution is 6.19. The van der Waals surface area contributed by atoms with Crippen LogP contribution in [0.15, 0.2) is 182 Å². The summed E-state index contributed by atoms with van der Waals surface area (Å²) in [6.45, 7) is 6.45. The topological polar surface area (TPSA) is 30.0 Å². The highest BCUT2D eigenvalue weighted by atomic mass is 35.5. The van der Waals surface area contributed by atoms with Crippen molar-refractivity contribution in [3.05, 3.63) is 215 Å². The summed E-state index contributed by atoms with van der Waals surface area (Å²) in [5.41, 5.74) is 5.78. The van der Waals surface area contributed by atoms with Gasteiger partial charge >= 0.3 is 0 Å². The van der Waals surface area contributed by atoms with E-state index < -0.39 is 11.0 Å². The second-order valence-electron chi connectivity index (χ2n) is 16.1. The Labute approximate surface area is 431 Å². The van der Waals surface area contributed by atoms with Crippen LogP contribution < -0.4 is 0 Å². The fourth-order valence-electron chi connectivity index (χ4n) is 8.62. The van der Waals surface area contributed by atoms with Crippen molar-refractivity contribution < 1.29 is 4.79 Å². The van der Waals surface area contributed by atoms with E-state index in [9.17, 15) is 4.79 Å². The number of hydrogen-bond donors (Lipinski definition) is 0. The minimum Gasteiger partial charge on any atom is -0.348 e. The summed E-state index contributed by atoms with van der Waals surface area (Å²) < 4.78 is 0. The maximum Gasteiger partial charge on any atom is 0.237 e. The van der Waals surface area contributed by atoms with Gasteiger partial charge in [-0.05, 0) is 46.3 Å². The van der Waals surface area contributed by atoms with Crippen molar-refractivity contribution in [2.45, 2.75) is 23.9 Å². The van der Waals surface area contributed by atoms with Gasteiger partial charge in [0, 0.05) is 95.2 Å². The summed E-state index contributed by atoms with van der Waals surface area (Å²) in [5, 5.41) is 0. The Hall–Kier alpha value is -3.59. The van der Waals surface area contributed by atoms with Crippen LogP contribution in [0.4, 0.5) is 0 Å². The van der Waals surface area contributed by atoms with Crippen molar-refractivity contribution in [3.8, 4) is 0 Å². The SMILES string of the molecule is CN(C)C(=O)C(CCN(CCCl)CCCl)(c1ccccc1)c1ccccc1.ClCCN(CCCl)C(c1ccccc1)(c1ccccc1)c1ccccc1.ClCCN(CCCl)Cc1ccccc1. The van der Waals surface area contributed by atoms with Gasteiger partial charge in [-0.3, -0.25) is 14.6 Å². The van der Waals surface area contributed by atoms with E-state index >= 15 is 0 Å². The zero-order chi connectivity index (χ0) is 48.2. The third-order valence-electron chi connectivity index (χ3n) is 11.7. The molecule has 0 atom stereocenters. The number of rotatable bonds is 24. The number of likely N-dealkylation sites (N-methyl/N-ethyl adjacent to an activating group) is 1. The highest BCUT2D eigenvalue weighted by Crippen LogP contribution is 2.42. The molecule has 6 aromatic rings. The second-order valence-corrected chi connectivity index (χ2v) is 18.4. The molecule has 11 heteroatoms. The van der Waals surface area contributed by atoms with Crippen molar-refractivity contribution in [1.29, 1.82) is 0 Å². The highest BCUT2D eigenvalue weighted by Gasteiger charge is 2.43. The molecule has 0 unspecified atom stereocenters. The Morgan fingerprint density at radius 3 is 1.00 bits per heavy atom. The maximum absolute atomic E-state index is 13.5. The molecule has 5 nitrogen and oxygen atoms in total. The zero-order valence-corrected chi connectivity index (χ0v) is 43.4. The molecule has 6 rings (SSSR count). The fourth-order valence-corrected chi connectivity index (χ4v) is 9.99. The van der Waals surface area contributed by atoms with E-state index in [0.717, 1.165) is 63.5 Å². The molecule has 358 valence electrons. The number of benzene rings is 6. The van der Waals surface area contributed by atoms with Crippen LogP contribution in [0.1, 0.15) is 39.8 Å². The smallest absolute Gasteiger partial charge is 0.237 e. The first-order valence-electron chi connectivity index (χ1n) is 22.9. The molecular weight excluding hydrogens is 957 g/mol. The van der Waals surface area contributed by atoms with Crippen LogP contribution >= 0.6 is 69.6 Å². The van der Waals surface area contributed by atoms with Gasteiger partial charge in [0.05, 0.1) is 5.54 Å². The molecule has 0 bridgehead atoms. The fraction of sp³-hybridized carbons (Fsp3) is 0.339. The lowest BCUT2D eigenvalue weighted by Crippen LogP contribution is -2.49. The largest absolute Gasteiger partial charge is 0.348 e. The van der Waals surface area contributed by atoms with Gasteiger partial charge in [0.1, 0.15) is 5.41 Å².